The van der Waals surface area contributed by atoms with Gasteiger partial charge in [-0.2, -0.15) is 0 Å². The molecule has 0 radical (unpaired) electrons. The van der Waals surface area contributed by atoms with Crippen LogP contribution in [0.25, 0.3) is 23.1 Å². The maximum atomic E-state index is 4.64. The van der Waals surface area contributed by atoms with Gasteiger partial charge in [0.05, 0.1) is 11.2 Å². The van der Waals surface area contributed by atoms with Gasteiger partial charge in [0.25, 0.3) is 0 Å². The van der Waals surface area contributed by atoms with Gasteiger partial charge in [-0.1, -0.05) is 50.3 Å². The van der Waals surface area contributed by atoms with Crippen LogP contribution in [-0.2, 0) is 6.54 Å². The summed E-state index contributed by atoms with van der Waals surface area (Å²) in [5.74, 6) is 0.606. The molecule has 2 aromatic heterocycles. The second kappa shape index (κ2) is 7.67. The number of hydrogen-bond acceptors (Lipinski definition) is 1. The van der Waals surface area contributed by atoms with Gasteiger partial charge in [0.15, 0.2) is 0 Å². The molecule has 3 aromatic rings. The van der Waals surface area contributed by atoms with Gasteiger partial charge in [0.1, 0.15) is 0 Å². The van der Waals surface area contributed by atoms with Crippen molar-refractivity contribution in [1.82, 2.24) is 9.55 Å². The fourth-order valence-electron chi connectivity index (χ4n) is 3.08. The second-order valence-corrected chi connectivity index (χ2v) is 6.55. The van der Waals surface area contributed by atoms with E-state index < -0.39 is 0 Å². The smallest absolute Gasteiger partial charge is 0.0872 e. The number of fused-ring (bicyclic) bond motifs is 1. The maximum absolute atomic E-state index is 4.64. The van der Waals surface area contributed by atoms with E-state index in [1.54, 1.807) is 0 Å². The van der Waals surface area contributed by atoms with Gasteiger partial charge in [0.2, 0.25) is 0 Å². The van der Waals surface area contributed by atoms with Crippen molar-refractivity contribution in [1.29, 1.82) is 0 Å². The standard InChI is InChI=1S/C21H24N2.ClH/c1-15(2)14-23-17(4)16(3)19-12-13-22-20(21(19)23)11-10-18-8-6-5-7-9-18;/h5-13,15H,14H2,1-4H3;1H. The molecule has 3 rings (SSSR count). The Morgan fingerprint density at radius 3 is 2.42 bits per heavy atom. The third-order valence-corrected chi connectivity index (χ3v) is 4.36. The van der Waals surface area contributed by atoms with Gasteiger partial charge in [-0.3, -0.25) is 4.98 Å². The summed E-state index contributed by atoms with van der Waals surface area (Å²) in [4.78, 5) is 4.64. The fourth-order valence-corrected chi connectivity index (χ4v) is 3.08. The molecule has 1 aromatic carbocycles. The number of rotatable bonds is 4. The first-order chi connectivity index (χ1) is 11.1. The summed E-state index contributed by atoms with van der Waals surface area (Å²) < 4.78 is 2.42. The Kier molecular flexibility index (Phi) is 5.84. The highest BCUT2D eigenvalue weighted by Gasteiger charge is 2.14. The molecule has 126 valence electrons. The Bertz CT molecular complexity index is 845. The van der Waals surface area contributed by atoms with E-state index in [-0.39, 0.29) is 12.4 Å². The monoisotopic (exact) mass is 340 g/mol. The molecule has 0 N–H and O–H groups in total. The first kappa shape index (κ1) is 18.3. The van der Waals surface area contributed by atoms with Crippen molar-refractivity contribution >= 4 is 35.5 Å². The first-order valence-electron chi connectivity index (χ1n) is 8.25. The topological polar surface area (TPSA) is 17.8 Å². The van der Waals surface area contributed by atoms with Gasteiger partial charge >= 0.3 is 0 Å². The van der Waals surface area contributed by atoms with Crippen LogP contribution in [0.5, 0.6) is 0 Å². The van der Waals surface area contributed by atoms with Crippen molar-refractivity contribution in [3.05, 3.63) is 65.1 Å². The lowest BCUT2D eigenvalue weighted by Gasteiger charge is -2.12. The maximum Gasteiger partial charge on any atom is 0.0872 e. The van der Waals surface area contributed by atoms with E-state index in [9.17, 15) is 0 Å². The molecule has 0 amide bonds. The number of benzene rings is 1. The van der Waals surface area contributed by atoms with Crippen molar-refractivity contribution in [2.75, 3.05) is 0 Å². The van der Waals surface area contributed by atoms with E-state index in [0.717, 1.165) is 12.2 Å². The van der Waals surface area contributed by atoms with Crippen LogP contribution in [0.3, 0.4) is 0 Å². The highest BCUT2D eigenvalue weighted by Crippen LogP contribution is 2.28. The molecule has 3 heteroatoms. The summed E-state index contributed by atoms with van der Waals surface area (Å²) in [6.07, 6.45) is 6.19. The normalized spacial score (nSPS) is 11.4. The molecule has 0 aliphatic heterocycles. The number of hydrogen-bond donors (Lipinski definition) is 0. The number of aryl methyl sites for hydroxylation is 1. The van der Waals surface area contributed by atoms with Crippen LogP contribution in [0, 0.1) is 19.8 Å². The number of halogens is 1. The molecular weight excluding hydrogens is 316 g/mol. The summed E-state index contributed by atoms with van der Waals surface area (Å²) in [6.45, 7) is 9.96. The molecule has 0 aliphatic carbocycles. The number of pyridine rings is 1. The predicted molar refractivity (Wildman–Crippen MR) is 107 cm³/mol. The zero-order chi connectivity index (χ0) is 16.4. The van der Waals surface area contributed by atoms with E-state index in [1.165, 1.54) is 27.7 Å². The minimum atomic E-state index is 0. The minimum Gasteiger partial charge on any atom is -0.343 e. The van der Waals surface area contributed by atoms with Gasteiger partial charge in [-0.05, 0) is 43.0 Å². The Morgan fingerprint density at radius 2 is 1.75 bits per heavy atom. The lowest BCUT2D eigenvalue weighted by atomic mass is 10.1. The van der Waals surface area contributed by atoms with Gasteiger partial charge in [-0.25, -0.2) is 0 Å². The van der Waals surface area contributed by atoms with Crippen molar-refractivity contribution in [2.45, 2.75) is 34.2 Å². The Hall–Kier alpha value is -2.06. The van der Waals surface area contributed by atoms with Crippen molar-refractivity contribution in [2.24, 2.45) is 5.92 Å². The molecule has 2 heterocycles. The van der Waals surface area contributed by atoms with E-state index in [1.807, 2.05) is 12.3 Å². The Morgan fingerprint density at radius 1 is 1.04 bits per heavy atom. The average molecular weight is 341 g/mol. The predicted octanol–water partition coefficient (Wildman–Crippen LogP) is 5.90. The molecule has 0 saturated carbocycles. The molecule has 0 spiro atoms. The van der Waals surface area contributed by atoms with Crippen LogP contribution in [0.15, 0.2) is 42.6 Å². The number of aromatic nitrogens is 2. The lowest BCUT2D eigenvalue weighted by molar-refractivity contribution is 0.527. The zero-order valence-electron chi connectivity index (χ0n) is 14.8. The van der Waals surface area contributed by atoms with Crippen LogP contribution >= 0.6 is 12.4 Å². The largest absolute Gasteiger partial charge is 0.343 e. The van der Waals surface area contributed by atoms with Crippen LogP contribution in [-0.4, -0.2) is 9.55 Å². The molecule has 0 saturated heterocycles. The minimum absolute atomic E-state index is 0. The molecule has 0 fully saturated rings. The fraction of sp³-hybridized carbons (Fsp3) is 0.286. The van der Waals surface area contributed by atoms with Crippen LogP contribution in [0.4, 0.5) is 0 Å². The van der Waals surface area contributed by atoms with E-state index in [4.69, 9.17) is 0 Å². The van der Waals surface area contributed by atoms with Crippen molar-refractivity contribution < 1.29 is 0 Å². The Balaban J connectivity index is 0.00000208. The van der Waals surface area contributed by atoms with Crippen molar-refractivity contribution in [3.63, 3.8) is 0 Å². The molecule has 2 nitrogen and oxygen atoms in total. The molecule has 0 aliphatic rings. The van der Waals surface area contributed by atoms with Gasteiger partial charge < -0.3 is 4.57 Å². The quantitative estimate of drug-likeness (QED) is 0.578. The summed E-state index contributed by atoms with van der Waals surface area (Å²) in [5.41, 5.74) is 6.20. The third-order valence-electron chi connectivity index (χ3n) is 4.36. The highest BCUT2D eigenvalue weighted by atomic mass is 35.5. The first-order valence-corrected chi connectivity index (χ1v) is 8.25. The van der Waals surface area contributed by atoms with Crippen LogP contribution in [0.1, 0.15) is 36.4 Å². The summed E-state index contributed by atoms with van der Waals surface area (Å²) in [7, 11) is 0. The SMILES string of the molecule is Cc1c(C)n(CC(C)C)c2c(C=Cc3ccccc3)nccc12.Cl. The zero-order valence-corrected chi connectivity index (χ0v) is 15.6. The van der Waals surface area contributed by atoms with E-state index in [2.05, 4.69) is 79.7 Å². The summed E-state index contributed by atoms with van der Waals surface area (Å²) >= 11 is 0. The van der Waals surface area contributed by atoms with E-state index in [0.29, 0.717) is 5.92 Å². The van der Waals surface area contributed by atoms with Crippen LogP contribution < -0.4 is 0 Å². The molecule has 0 atom stereocenters. The van der Waals surface area contributed by atoms with Crippen LogP contribution in [0.2, 0.25) is 0 Å². The molecule has 24 heavy (non-hydrogen) atoms. The van der Waals surface area contributed by atoms with Gasteiger partial charge in [0, 0.05) is 23.8 Å². The second-order valence-electron chi connectivity index (χ2n) is 6.55. The lowest BCUT2D eigenvalue weighted by Crippen LogP contribution is -2.07. The summed E-state index contributed by atoms with van der Waals surface area (Å²) in [5, 5.41) is 1.31. The van der Waals surface area contributed by atoms with Crippen molar-refractivity contribution in [3.8, 4) is 0 Å². The average Bonchev–Trinajstić information content (AvgIpc) is 2.79. The molecule has 0 unspecified atom stereocenters. The highest BCUT2D eigenvalue weighted by molar-refractivity contribution is 5.92. The Labute approximate surface area is 150 Å². The van der Waals surface area contributed by atoms with Gasteiger partial charge in [-0.15, -0.1) is 12.4 Å². The summed E-state index contributed by atoms with van der Waals surface area (Å²) in [6, 6.07) is 12.5. The van der Waals surface area contributed by atoms with E-state index >= 15 is 0 Å². The molecule has 0 bridgehead atoms. The number of nitrogens with zero attached hydrogens (tertiary/aromatic N) is 2. The third kappa shape index (κ3) is 3.54. The molecular formula is C21H25ClN2.